The first-order valence-electron chi connectivity index (χ1n) is 8.12. The summed E-state index contributed by atoms with van der Waals surface area (Å²) in [7, 11) is 0. The lowest BCUT2D eigenvalue weighted by atomic mass is 10.1. The van der Waals surface area contributed by atoms with Gasteiger partial charge in [-0.15, -0.1) is 0 Å². The predicted molar refractivity (Wildman–Crippen MR) is 103 cm³/mol. The van der Waals surface area contributed by atoms with Gasteiger partial charge in [0.1, 0.15) is 5.82 Å². The average Bonchev–Trinajstić information content (AvgIpc) is 3.05. The van der Waals surface area contributed by atoms with Crippen molar-refractivity contribution in [2.24, 2.45) is 5.10 Å². The smallest absolute Gasteiger partial charge is 0.337 e. The van der Waals surface area contributed by atoms with E-state index in [1.807, 2.05) is 43.3 Å². The Kier molecular flexibility index (Phi) is 3.85. The Morgan fingerprint density at radius 2 is 2.00 bits per heavy atom. The number of hydrogen-bond acceptors (Lipinski definition) is 4. The molecule has 2 aromatic carbocycles. The van der Waals surface area contributed by atoms with Crippen molar-refractivity contribution in [3.05, 3.63) is 71.4 Å². The van der Waals surface area contributed by atoms with Crippen LogP contribution in [0.15, 0.2) is 59.8 Å². The number of rotatable bonds is 4. The summed E-state index contributed by atoms with van der Waals surface area (Å²) in [6, 6.07) is 15.0. The van der Waals surface area contributed by atoms with E-state index in [0.29, 0.717) is 11.3 Å². The number of aromatic nitrogens is 2. The summed E-state index contributed by atoms with van der Waals surface area (Å²) in [5.41, 5.74) is 6.59. The average molecular weight is 344 g/mol. The van der Waals surface area contributed by atoms with Gasteiger partial charge in [0.15, 0.2) is 0 Å². The van der Waals surface area contributed by atoms with Gasteiger partial charge in [-0.3, -0.25) is 5.43 Å². The number of pyridine rings is 1. The fourth-order valence-electron chi connectivity index (χ4n) is 3.04. The molecule has 0 saturated heterocycles. The third-order valence-corrected chi connectivity index (χ3v) is 4.28. The third-order valence-electron chi connectivity index (χ3n) is 4.28. The standard InChI is InChI=1S/C20H16N4O2/c1-12-9-18(23-17-8-3-2-5-14(12)17)24-22-11-13-10-21-19-15(13)6-4-7-16(19)20(25)26/h2-11,21H,1H3,(H,23,24)(H,25,26). The number of fused-ring (bicyclic) bond motifs is 2. The Morgan fingerprint density at radius 3 is 2.85 bits per heavy atom. The number of hydrazone groups is 1. The number of carbonyl (C=O) groups is 1. The maximum Gasteiger partial charge on any atom is 0.337 e. The van der Waals surface area contributed by atoms with E-state index in [-0.39, 0.29) is 5.56 Å². The SMILES string of the molecule is Cc1cc(NN=Cc2c[nH]c3c(C(=O)O)cccc23)nc2ccccc12. The number of carboxylic acid groups (broad SMARTS) is 1. The topological polar surface area (TPSA) is 90.4 Å². The fourth-order valence-corrected chi connectivity index (χ4v) is 3.04. The lowest BCUT2D eigenvalue weighted by molar-refractivity contribution is 0.0699. The summed E-state index contributed by atoms with van der Waals surface area (Å²) in [6.07, 6.45) is 3.39. The van der Waals surface area contributed by atoms with Crippen molar-refractivity contribution in [1.82, 2.24) is 9.97 Å². The van der Waals surface area contributed by atoms with E-state index in [4.69, 9.17) is 0 Å². The van der Waals surface area contributed by atoms with Crippen LogP contribution in [0.1, 0.15) is 21.5 Å². The normalized spacial score (nSPS) is 11.4. The van der Waals surface area contributed by atoms with Crippen LogP contribution in [0.5, 0.6) is 0 Å². The van der Waals surface area contributed by atoms with Crippen molar-refractivity contribution >= 4 is 39.8 Å². The van der Waals surface area contributed by atoms with Gasteiger partial charge in [0.25, 0.3) is 0 Å². The third kappa shape index (κ3) is 2.77. The fraction of sp³-hybridized carbons (Fsp3) is 0.0500. The van der Waals surface area contributed by atoms with Crippen molar-refractivity contribution in [1.29, 1.82) is 0 Å². The summed E-state index contributed by atoms with van der Waals surface area (Å²) in [5.74, 6) is -0.307. The zero-order valence-electron chi connectivity index (χ0n) is 14.0. The molecule has 0 radical (unpaired) electrons. The van der Waals surface area contributed by atoms with Gasteiger partial charge in [-0.25, -0.2) is 9.78 Å². The number of aryl methyl sites for hydroxylation is 1. The van der Waals surface area contributed by atoms with Crippen LogP contribution in [0.25, 0.3) is 21.8 Å². The minimum atomic E-state index is -0.963. The molecule has 128 valence electrons. The zero-order valence-corrected chi connectivity index (χ0v) is 14.0. The maximum absolute atomic E-state index is 11.3. The second-order valence-corrected chi connectivity index (χ2v) is 5.99. The van der Waals surface area contributed by atoms with Crippen LogP contribution in [0.4, 0.5) is 5.82 Å². The van der Waals surface area contributed by atoms with E-state index in [1.54, 1.807) is 24.5 Å². The number of H-pyrrole nitrogens is 1. The molecule has 4 aromatic rings. The van der Waals surface area contributed by atoms with Gasteiger partial charge in [0.2, 0.25) is 0 Å². The predicted octanol–water partition coefficient (Wildman–Crippen LogP) is 4.17. The molecule has 6 heteroatoms. The molecule has 0 spiro atoms. The van der Waals surface area contributed by atoms with Crippen molar-refractivity contribution < 1.29 is 9.90 Å². The summed E-state index contributed by atoms with van der Waals surface area (Å²) < 4.78 is 0. The first-order chi connectivity index (χ1) is 12.6. The van der Waals surface area contributed by atoms with E-state index in [9.17, 15) is 9.90 Å². The second kappa shape index (κ2) is 6.33. The van der Waals surface area contributed by atoms with Crippen molar-refractivity contribution in [3.63, 3.8) is 0 Å². The Morgan fingerprint density at radius 1 is 1.19 bits per heavy atom. The highest BCUT2D eigenvalue weighted by atomic mass is 16.4. The van der Waals surface area contributed by atoms with Crippen LogP contribution in [-0.2, 0) is 0 Å². The van der Waals surface area contributed by atoms with Crippen LogP contribution in [-0.4, -0.2) is 27.3 Å². The molecule has 3 N–H and O–H groups in total. The number of aromatic amines is 1. The quantitative estimate of drug-likeness (QED) is 0.383. The van der Waals surface area contributed by atoms with Crippen LogP contribution in [0.3, 0.4) is 0 Å². The molecule has 0 amide bonds. The molecule has 2 heterocycles. The van der Waals surface area contributed by atoms with Gasteiger partial charge < -0.3 is 10.1 Å². The number of anilines is 1. The summed E-state index contributed by atoms with van der Waals surface area (Å²) in [6.45, 7) is 2.03. The summed E-state index contributed by atoms with van der Waals surface area (Å²) >= 11 is 0. The Labute approximate surface area is 149 Å². The first kappa shape index (κ1) is 15.8. The highest BCUT2D eigenvalue weighted by Gasteiger charge is 2.11. The summed E-state index contributed by atoms with van der Waals surface area (Å²) in [5, 5.41) is 15.4. The van der Waals surface area contributed by atoms with Crippen LogP contribution < -0.4 is 5.43 Å². The van der Waals surface area contributed by atoms with Crippen molar-refractivity contribution in [2.75, 3.05) is 5.43 Å². The first-order valence-corrected chi connectivity index (χ1v) is 8.12. The molecule has 26 heavy (non-hydrogen) atoms. The van der Waals surface area contributed by atoms with Gasteiger partial charge in [-0.05, 0) is 30.7 Å². The Bertz CT molecular complexity index is 1160. The number of benzene rings is 2. The van der Waals surface area contributed by atoms with Crippen LogP contribution in [0.2, 0.25) is 0 Å². The van der Waals surface area contributed by atoms with Gasteiger partial charge >= 0.3 is 5.97 Å². The van der Waals surface area contributed by atoms with Crippen molar-refractivity contribution in [2.45, 2.75) is 6.92 Å². The highest BCUT2D eigenvalue weighted by molar-refractivity contribution is 6.07. The molecule has 0 atom stereocenters. The molecule has 0 saturated carbocycles. The Hall–Kier alpha value is -3.67. The van der Waals surface area contributed by atoms with E-state index in [0.717, 1.165) is 27.4 Å². The summed E-state index contributed by atoms with van der Waals surface area (Å²) in [4.78, 5) is 18.8. The molecule has 0 aliphatic heterocycles. The number of aromatic carboxylic acids is 1. The van der Waals surface area contributed by atoms with E-state index in [1.165, 1.54) is 0 Å². The molecule has 6 nitrogen and oxygen atoms in total. The molecule has 0 fully saturated rings. The van der Waals surface area contributed by atoms with Crippen LogP contribution >= 0.6 is 0 Å². The molecule has 4 rings (SSSR count). The number of para-hydroxylation sites is 2. The van der Waals surface area contributed by atoms with Crippen LogP contribution in [0, 0.1) is 6.92 Å². The number of nitrogens with one attached hydrogen (secondary N) is 2. The van der Waals surface area contributed by atoms with E-state index >= 15 is 0 Å². The minimum absolute atomic E-state index is 0.238. The molecule has 0 aliphatic carbocycles. The lowest BCUT2D eigenvalue weighted by Crippen LogP contribution is -1.97. The van der Waals surface area contributed by atoms with Gasteiger partial charge in [0, 0.05) is 22.5 Å². The lowest BCUT2D eigenvalue weighted by Gasteiger charge is -2.05. The monoisotopic (exact) mass is 344 g/mol. The van der Waals surface area contributed by atoms with E-state index < -0.39 is 5.97 Å². The second-order valence-electron chi connectivity index (χ2n) is 5.99. The largest absolute Gasteiger partial charge is 0.478 e. The molecule has 0 aliphatic rings. The van der Waals surface area contributed by atoms with Gasteiger partial charge in [-0.2, -0.15) is 5.10 Å². The maximum atomic E-state index is 11.3. The van der Waals surface area contributed by atoms with Crippen molar-refractivity contribution in [3.8, 4) is 0 Å². The Balaban J connectivity index is 1.62. The molecule has 0 unspecified atom stereocenters. The highest BCUT2D eigenvalue weighted by Crippen LogP contribution is 2.22. The molecule has 2 aromatic heterocycles. The molecule has 0 bridgehead atoms. The minimum Gasteiger partial charge on any atom is -0.478 e. The molecular weight excluding hydrogens is 328 g/mol. The number of carboxylic acids is 1. The number of hydrogen-bond donors (Lipinski definition) is 3. The number of nitrogens with zero attached hydrogens (tertiary/aromatic N) is 2. The van der Waals surface area contributed by atoms with Gasteiger partial charge in [0.05, 0.1) is 22.8 Å². The zero-order chi connectivity index (χ0) is 18.1. The van der Waals surface area contributed by atoms with Gasteiger partial charge in [-0.1, -0.05) is 30.3 Å². The van der Waals surface area contributed by atoms with E-state index in [2.05, 4.69) is 20.5 Å². The molecular formula is C20H16N4O2.